The molecule has 0 aliphatic carbocycles. The summed E-state index contributed by atoms with van der Waals surface area (Å²) < 4.78 is 6.07. The smallest absolute Gasteiger partial charge is 0.0810 e. The first-order valence-electron chi connectivity index (χ1n) is 10.3. The molecule has 2 nitrogen and oxygen atoms in total. The van der Waals surface area contributed by atoms with Crippen molar-refractivity contribution in [1.29, 1.82) is 0 Å². The summed E-state index contributed by atoms with van der Waals surface area (Å²) in [6.45, 7) is 4.97. The fourth-order valence-corrected chi connectivity index (χ4v) is 6.58. The van der Waals surface area contributed by atoms with Gasteiger partial charge in [-0.25, -0.2) is 0 Å². The first-order chi connectivity index (χ1) is 14.3. The van der Waals surface area contributed by atoms with Crippen molar-refractivity contribution in [2.75, 3.05) is 26.2 Å². The second-order valence-corrected chi connectivity index (χ2v) is 10.3. The molecule has 0 bridgehead atoms. The lowest BCUT2D eigenvalue weighted by Crippen LogP contribution is -2.32. The lowest BCUT2D eigenvalue weighted by atomic mass is 10.0. The van der Waals surface area contributed by atoms with E-state index in [-0.39, 0.29) is 12.4 Å². The number of halogens is 2. The molecule has 0 spiro atoms. The summed E-state index contributed by atoms with van der Waals surface area (Å²) in [6, 6.07) is 17.2. The van der Waals surface area contributed by atoms with E-state index >= 15 is 0 Å². The van der Waals surface area contributed by atoms with E-state index in [1.165, 1.54) is 68.6 Å². The van der Waals surface area contributed by atoms with Gasteiger partial charge in [-0.15, -0.1) is 23.7 Å². The molecule has 158 valence electrons. The topological polar surface area (TPSA) is 12.5 Å². The lowest BCUT2D eigenvalue weighted by Gasteiger charge is -2.26. The Hall–Kier alpha value is -1.01. The highest BCUT2D eigenvalue weighted by molar-refractivity contribution is 7.99. The Morgan fingerprint density at radius 1 is 0.900 bits per heavy atom. The van der Waals surface area contributed by atoms with Gasteiger partial charge in [0.1, 0.15) is 0 Å². The summed E-state index contributed by atoms with van der Waals surface area (Å²) in [5, 5.41) is 0.786. The predicted octanol–water partition coefficient (Wildman–Crippen LogP) is 7.62. The van der Waals surface area contributed by atoms with Crippen LogP contribution < -0.4 is 0 Å². The molecule has 3 aromatic rings. The maximum absolute atomic E-state index is 6.36. The highest BCUT2D eigenvalue weighted by Crippen LogP contribution is 2.51. The normalized spacial score (nSPS) is 15.5. The molecule has 1 aromatic heterocycles. The third kappa shape index (κ3) is 4.74. The Bertz CT molecular complexity index is 1010. The number of hydrogen-bond acceptors (Lipinski definition) is 4. The average Bonchev–Trinajstić information content (AvgIpc) is 3.12. The Balaban J connectivity index is 0.00000218. The third-order valence-electron chi connectivity index (χ3n) is 5.61. The largest absolute Gasteiger partial charge is 0.375 e. The lowest BCUT2D eigenvalue weighted by molar-refractivity contribution is 0.0878. The van der Waals surface area contributed by atoms with Crippen LogP contribution >= 0.6 is 47.1 Å². The molecule has 2 aliphatic heterocycles. The van der Waals surface area contributed by atoms with Gasteiger partial charge in [0.2, 0.25) is 0 Å². The molecule has 3 heterocycles. The van der Waals surface area contributed by atoms with Crippen LogP contribution in [0, 0.1) is 0 Å². The van der Waals surface area contributed by atoms with E-state index in [9.17, 15) is 0 Å². The highest BCUT2D eigenvalue weighted by atomic mass is 35.5. The highest BCUT2D eigenvalue weighted by Gasteiger charge is 2.22. The fraction of sp³-hybridized carbons (Fsp3) is 0.333. The van der Waals surface area contributed by atoms with E-state index in [1.54, 1.807) is 0 Å². The van der Waals surface area contributed by atoms with Crippen LogP contribution in [0.15, 0.2) is 58.3 Å². The minimum Gasteiger partial charge on any atom is -0.375 e. The zero-order chi connectivity index (χ0) is 19.6. The Morgan fingerprint density at radius 2 is 1.70 bits per heavy atom. The molecule has 30 heavy (non-hydrogen) atoms. The van der Waals surface area contributed by atoms with Gasteiger partial charge in [-0.05, 0) is 61.8 Å². The van der Waals surface area contributed by atoms with E-state index in [0.29, 0.717) is 6.61 Å². The van der Waals surface area contributed by atoms with Crippen molar-refractivity contribution in [3.05, 3.63) is 58.4 Å². The second-order valence-electron chi connectivity index (χ2n) is 7.65. The minimum atomic E-state index is 0. The van der Waals surface area contributed by atoms with Crippen LogP contribution in [0.5, 0.6) is 0 Å². The van der Waals surface area contributed by atoms with E-state index in [2.05, 4.69) is 47.4 Å². The van der Waals surface area contributed by atoms with Crippen LogP contribution in [0.1, 0.15) is 24.1 Å². The van der Waals surface area contributed by atoms with Crippen molar-refractivity contribution < 1.29 is 4.74 Å². The van der Waals surface area contributed by atoms with Crippen molar-refractivity contribution in [2.24, 2.45) is 0 Å². The summed E-state index contributed by atoms with van der Waals surface area (Å²) >= 11 is 10.0. The Labute approximate surface area is 198 Å². The molecule has 0 unspecified atom stereocenters. The standard InChI is InChI=1S/C24H24ClNOS2.ClH/c25-17-8-9-23-21(14-17)24-20(19-6-2-3-7-22(19)29-23)15-18(28-24)16-27-13-12-26-10-4-1-5-11-26;/h2-3,6-9,14-15H,1,4-5,10-13,16H2;1H. The van der Waals surface area contributed by atoms with Gasteiger partial charge in [-0.2, -0.15) is 0 Å². The molecule has 5 rings (SSSR count). The van der Waals surface area contributed by atoms with E-state index in [4.69, 9.17) is 16.3 Å². The summed E-state index contributed by atoms with van der Waals surface area (Å²) in [5.41, 5.74) is 3.84. The molecule has 1 saturated heterocycles. The number of thiophene rings is 1. The molecular weight excluding hydrogens is 453 g/mol. The van der Waals surface area contributed by atoms with Crippen LogP contribution in [0.2, 0.25) is 5.02 Å². The van der Waals surface area contributed by atoms with Gasteiger partial charge >= 0.3 is 0 Å². The number of piperidine rings is 1. The maximum Gasteiger partial charge on any atom is 0.0810 e. The van der Waals surface area contributed by atoms with Crippen molar-refractivity contribution in [3.8, 4) is 21.6 Å². The van der Waals surface area contributed by atoms with Crippen LogP contribution in [0.4, 0.5) is 0 Å². The average molecular weight is 479 g/mol. The molecule has 0 N–H and O–H groups in total. The predicted molar refractivity (Wildman–Crippen MR) is 132 cm³/mol. The van der Waals surface area contributed by atoms with Gasteiger partial charge in [0.05, 0.1) is 13.2 Å². The first kappa shape index (κ1) is 22.2. The molecule has 2 aromatic carbocycles. The second kappa shape index (κ2) is 10.1. The molecule has 0 radical (unpaired) electrons. The van der Waals surface area contributed by atoms with Gasteiger partial charge in [-0.3, -0.25) is 0 Å². The van der Waals surface area contributed by atoms with Crippen LogP contribution in [-0.2, 0) is 11.3 Å². The maximum atomic E-state index is 6.36. The SMILES string of the molecule is Cl.Clc1ccc2c(c1)-c1sc(COCCN3CCCCC3)cc1-c1ccccc1S2. The van der Waals surface area contributed by atoms with Gasteiger partial charge in [-0.1, -0.05) is 48.0 Å². The molecular formula is C24H25Cl2NOS2. The zero-order valence-electron chi connectivity index (χ0n) is 16.7. The van der Waals surface area contributed by atoms with Crippen LogP contribution in [-0.4, -0.2) is 31.1 Å². The van der Waals surface area contributed by atoms with Crippen molar-refractivity contribution in [1.82, 2.24) is 4.90 Å². The monoisotopic (exact) mass is 477 g/mol. The van der Waals surface area contributed by atoms with Gasteiger partial charge in [0, 0.05) is 42.2 Å². The molecule has 0 saturated carbocycles. The zero-order valence-corrected chi connectivity index (χ0v) is 19.9. The molecule has 0 atom stereocenters. The van der Waals surface area contributed by atoms with Crippen LogP contribution in [0.25, 0.3) is 21.6 Å². The van der Waals surface area contributed by atoms with E-state index in [0.717, 1.165) is 18.2 Å². The van der Waals surface area contributed by atoms with E-state index < -0.39 is 0 Å². The number of fused-ring (bicyclic) bond motifs is 5. The van der Waals surface area contributed by atoms with Crippen molar-refractivity contribution in [2.45, 2.75) is 35.7 Å². The Morgan fingerprint density at radius 3 is 2.57 bits per heavy atom. The summed E-state index contributed by atoms with van der Waals surface area (Å²) in [6.07, 6.45) is 4.04. The summed E-state index contributed by atoms with van der Waals surface area (Å²) in [5.74, 6) is 0. The number of likely N-dealkylation sites (tertiary alicyclic amines) is 1. The number of hydrogen-bond donors (Lipinski definition) is 0. The fourth-order valence-electron chi connectivity index (χ4n) is 4.13. The number of rotatable bonds is 5. The third-order valence-corrected chi connectivity index (χ3v) is 8.14. The molecule has 1 fully saturated rings. The number of benzene rings is 2. The number of ether oxygens (including phenoxy) is 1. The number of nitrogens with zero attached hydrogens (tertiary/aromatic N) is 1. The van der Waals surface area contributed by atoms with Crippen LogP contribution in [0.3, 0.4) is 0 Å². The Kier molecular flexibility index (Phi) is 7.45. The quantitative estimate of drug-likeness (QED) is 0.274. The van der Waals surface area contributed by atoms with Gasteiger partial charge < -0.3 is 9.64 Å². The van der Waals surface area contributed by atoms with Crippen molar-refractivity contribution >= 4 is 47.1 Å². The van der Waals surface area contributed by atoms with Crippen molar-refractivity contribution in [3.63, 3.8) is 0 Å². The van der Waals surface area contributed by atoms with E-state index in [1.807, 2.05) is 29.2 Å². The molecule has 2 aliphatic rings. The summed E-state index contributed by atoms with van der Waals surface area (Å²) in [7, 11) is 0. The molecule has 6 heteroatoms. The molecule has 0 amide bonds. The summed E-state index contributed by atoms with van der Waals surface area (Å²) in [4.78, 5) is 7.67. The first-order valence-corrected chi connectivity index (χ1v) is 12.3. The van der Waals surface area contributed by atoms with Gasteiger partial charge in [0.25, 0.3) is 0 Å². The minimum absolute atomic E-state index is 0. The van der Waals surface area contributed by atoms with Gasteiger partial charge in [0.15, 0.2) is 0 Å².